The molecule has 2 nitrogen and oxygen atoms in total. The van der Waals surface area contributed by atoms with Crippen LogP contribution in [0.4, 0.5) is 13.2 Å². The molecule has 0 bridgehead atoms. The minimum absolute atomic E-state index is 0.196. The summed E-state index contributed by atoms with van der Waals surface area (Å²) in [6.45, 7) is 0.196. The molecule has 1 aromatic heterocycles. The summed E-state index contributed by atoms with van der Waals surface area (Å²) in [7, 11) is 0. The summed E-state index contributed by atoms with van der Waals surface area (Å²) in [5, 5.41) is 1.43. The first kappa shape index (κ1) is 14.9. The fraction of sp³-hybridized carbons (Fsp3) is 0.182. The number of rotatable bonds is 3. The molecule has 0 fully saturated rings. The Hall–Kier alpha value is -0.540. The van der Waals surface area contributed by atoms with Gasteiger partial charge in [0.1, 0.15) is 12.4 Å². The van der Waals surface area contributed by atoms with E-state index in [1.165, 1.54) is 17.4 Å². The average molecular weight is 420 g/mol. The van der Waals surface area contributed by atoms with E-state index in [0.29, 0.717) is 9.32 Å². The van der Waals surface area contributed by atoms with Crippen molar-refractivity contribution in [2.75, 3.05) is 0 Å². The number of alkyl halides is 3. The Bertz CT molecular complexity index is 574. The van der Waals surface area contributed by atoms with E-state index in [4.69, 9.17) is 16.3 Å². The van der Waals surface area contributed by atoms with Crippen LogP contribution in [0.1, 0.15) is 11.3 Å². The minimum atomic E-state index is -4.47. The van der Waals surface area contributed by atoms with E-state index in [-0.39, 0.29) is 11.6 Å². The van der Waals surface area contributed by atoms with Crippen molar-refractivity contribution in [3.05, 3.63) is 42.9 Å². The second-order valence-corrected chi connectivity index (χ2v) is 5.82. The lowest BCUT2D eigenvalue weighted by Crippen LogP contribution is -2.07. The van der Waals surface area contributed by atoms with Crippen molar-refractivity contribution >= 4 is 45.5 Å². The second kappa shape index (κ2) is 5.84. The number of hydrogen-bond donors (Lipinski definition) is 0. The number of thiazole rings is 1. The smallest absolute Gasteiger partial charge is 0.417 e. The van der Waals surface area contributed by atoms with Gasteiger partial charge in [0.25, 0.3) is 0 Å². The van der Waals surface area contributed by atoms with Crippen LogP contribution in [0.25, 0.3) is 0 Å². The molecular weight excluding hydrogens is 414 g/mol. The van der Waals surface area contributed by atoms with E-state index in [9.17, 15) is 13.2 Å². The van der Waals surface area contributed by atoms with Crippen molar-refractivity contribution in [1.29, 1.82) is 0 Å². The Morgan fingerprint density at radius 3 is 2.68 bits per heavy atom. The van der Waals surface area contributed by atoms with E-state index in [2.05, 4.69) is 4.98 Å². The highest BCUT2D eigenvalue weighted by molar-refractivity contribution is 14.1. The third-order valence-corrected chi connectivity index (χ3v) is 3.98. The lowest BCUT2D eigenvalue weighted by Gasteiger charge is -2.13. The van der Waals surface area contributed by atoms with Crippen molar-refractivity contribution < 1.29 is 17.9 Å². The van der Waals surface area contributed by atoms with Gasteiger partial charge in [0.05, 0.1) is 25.4 Å². The molecule has 19 heavy (non-hydrogen) atoms. The summed E-state index contributed by atoms with van der Waals surface area (Å²) < 4.78 is 43.7. The first-order chi connectivity index (χ1) is 8.88. The molecule has 2 rings (SSSR count). The third-order valence-electron chi connectivity index (χ3n) is 2.19. The molecule has 0 aliphatic carbocycles. The zero-order valence-corrected chi connectivity index (χ0v) is 12.9. The normalized spacial score (nSPS) is 11.6. The second-order valence-electron chi connectivity index (χ2n) is 3.53. The van der Waals surface area contributed by atoms with Crippen molar-refractivity contribution in [3.63, 3.8) is 0 Å². The van der Waals surface area contributed by atoms with Crippen LogP contribution in [0.3, 0.4) is 0 Å². The van der Waals surface area contributed by atoms with Gasteiger partial charge in [0.2, 0.25) is 0 Å². The highest BCUT2D eigenvalue weighted by Crippen LogP contribution is 2.38. The SMILES string of the molecule is FC(F)(F)c1cc(I)c(OCc2cscn2)cc1Cl. The van der Waals surface area contributed by atoms with Gasteiger partial charge >= 0.3 is 6.18 Å². The number of nitrogens with zero attached hydrogens (tertiary/aromatic N) is 1. The molecule has 0 atom stereocenters. The summed E-state index contributed by atoms with van der Waals surface area (Å²) in [5.41, 5.74) is 1.51. The van der Waals surface area contributed by atoms with E-state index in [1.54, 1.807) is 33.5 Å². The van der Waals surface area contributed by atoms with Gasteiger partial charge in [-0.1, -0.05) is 11.6 Å². The predicted octanol–water partition coefficient (Wildman–Crippen LogP) is 5.00. The number of halogens is 5. The molecule has 0 saturated carbocycles. The van der Waals surface area contributed by atoms with E-state index >= 15 is 0 Å². The molecule has 0 amide bonds. The summed E-state index contributed by atoms with van der Waals surface area (Å²) in [5.74, 6) is 0.312. The largest absolute Gasteiger partial charge is 0.486 e. The van der Waals surface area contributed by atoms with Gasteiger partial charge in [-0.25, -0.2) is 4.98 Å². The van der Waals surface area contributed by atoms with Crippen LogP contribution in [-0.4, -0.2) is 4.98 Å². The van der Waals surface area contributed by atoms with Crippen LogP contribution in [0, 0.1) is 3.57 Å². The molecule has 0 aliphatic heterocycles. The van der Waals surface area contributed by atoms with E-state index < -0.39 is 11.7 Å². The van der Waals surface area contributed by atoms with Gasteiger partial charge in [-0.05, 0) is 28.7 Å². The molecule has 0 spiro atoms. The van der Waals surface area contributed by atoms with Crippen molar-refractivity contribution in [2.24, 2.45) is 0 Å². The number of ether oxygens (including phenoxy) is 1. The Balaban J connectivity index is 2.21. The first-order valence-corrected chi connectivity index (χ1v) is 7.34. The third kappa shape index (κ3) is 3.73. The van der Waals surface area contributed by atoms with Gasteiger partial charge in [-0.2, -0.15) is 13.2 Å². The maximum absolute atomic E-state index is 12.6. The zero-order valence-electron chi connectivity index (χ0n) is 9.17. The van der Waals surface area contributed by atoms with E-state index in [1.807, 2.05) is 0 Å². The minimum Gasteiger partial charge on any atom is -0.486 e. The van der Waals surface area contributed by atoms with Crippen LogP contribution >= 0.6 is 45.5 Å². The monoisotopic (exact) mass is 419 g/mol. The van der Waals surface area contributed by atoms with Gasteiger partial charge in [0.15, 0.2) is 0 Å². The Labute approximate surface area is 129 Å². The maximum Gasteiger partial charge on any atom is 0.417 e. The number of hydrogen-bond acceptors (Lipinski definition) is 3. The van der Waals surface area contributed by atoms with Crippen LogP contribution in [0.5, 0.6) is 5.75 Å². The fourth-order valence-corrected chi connectivity index (χ4v) is 2.74. The molecule has 0 radical (unpaired) electrons. The lowest BCUT2D eigenvalue weighted by molar-refractivity contribution is -0.137. The highest BCUT2D eigenvalue weighted by atomic mass is 127. The Kier molecular flexibility index (Phi) is 4.57. The van der Waals surface area contributed by atoms with Gasteiger partial charge in [-0.15, -0.1) is 11.3 Å². The van der Waals surface area contributed by atoms with Crippen LogP contribution < -0.4 is 4.74 Å². The average Bonchev–Trinajstić information content (AvgIpc) is 2.81. The standard InChI is InChI=1S/C11H6ClF3INOS/c12-8-2-10(18-3-6-4-19-5-17-6)9(16)1-7(8)11(13,14)15/h1-2,4-5H,3H2. The molecule has 8 heteroatoms. The number of benzene rings is 1. The molecule has 1 heterocycles. The summed E-state index contributed by atoms with van der Waals surface area (Å²) in [4.78, 5) is 4.02. The molecule has 0 aliphatic rings. The molecule has 102 valence electrons. The maximum atomic E-state index is 12.6. The molecule has 0 unspecified atom stereocenters. The molecule has 1 aromatic carbocycles. The first-order valence-electron chi connectivity index (χ1n) is 4.94. The fourth-order valence-electron chi connectivity index (χ4n) is 1.32. The molecule has 0 N–H and O–H groups in total. The van der Waals surface area contributed by atoms with Crippen molar-refractivity contribution in [2.45, 2.75) is 12.8 Å². The van der Waals surface area contributed by atoms with E-state index in [0.717, 1.165) is 11.8 Å². The van der Waals surface area contributed by atoms with Crippen LogP contribution in [0.2, 0.25) is 5.02 Å². The topological polar surface area (TPSA) is 22.1 Å². The summed E-state index contributed by atoms with van der Waals surface area (Å²) >= 11 is 8.83. The Morgan fingerprint density at radius 1 is 1.37 bits per heavy atom. The van der Waals surface area contributed by atoms with Gasteiger partial charge < -0.3 is 4.74 Å². The van der Waals surface area contributed by atoms with Crippen LogP contribution in [-0.2, 0) is 12.8 Å². The summed E-state index contributed by atoms with van der Waals surface area (Å²) in [6.07, 6.45) is -4.47. The highest BCUT2D eigenvalue weighted by Gasteiger charge is 2.34. The predicted molar refractivity (Wildman–Crippen MR) is 75.6 cm³/mol. The molecule has 2 aromatic rings. The molecular formula is C11H6ClF3INOS. The summed E-state index contributed by atoms with van der Waals surface area (Å²) in [6, 6.07) is 2.15. The van der Waals surface area contributed by atoms with Crippen LogP contribution in [0.15, 0.2) is 23.0 Å². The lowest BCUT2D eigenvalue weighted by atomic mass is 10.2. The zero-order chi connectivity index (χ0) is 14.0. The van der Waals surface area contributed by atoms with Crippen molar-refractivity contribution in [1.82, 2.24) is 4.98 Å². The Morgan fingerprint density at radius 2 is 2.11 bits per heavy atom. The van der Waals surface area contributed by atoms with Gasteiger partial charge in [-0.3, -0.25) is 0 Å². The van der Waals surface area contributed by atoms with Crippen molar-refractivity contribution in [3.8, 4) is 5.75 Å². The quantitative estimate of drug-likeness (QED) is 0.653. The number of aromatic nitrogens is 1. The molecule has 0 saturated heterocycles. The van der Waals surface area contributed by atoms with Gasteiger partial charge in [0, 0.05) is 11.4 Å².